The van der Waals surface area contributed by atoms with Gasteiger partial charge in [0, 0.05) is 43.6 Å². The van der Waals surface area contributed by atoms with Crippen LogP contribution in [0, 0.1) is 5.82 Å². The molecule has 3 aromatic heterocycles. The number of nitrogens with two attached hydrogens (primary N) is 1. The van der Waals surface area contributed by atoms with E-state index in [2.05, 4.69) is 29.6 Å². The number of pyridine rings is 1. The Labute approximate surface area is 203 Å². The van der Waals surface area contributed by atoms with Crippen molar-refractivity contribution in [2.45, 2.75) is 32.4 Å². The maximum Gasteiger partial charge on any atom is 0.166 e. The van der Waals surface area contributed by atoms with E-state index in [9.17, 15) is 4.39 Å². The van der Waals surface area contributed by atoms with E-state index in [4.69, 9.17) is 20.2 Å². The summed E-state index contributed by atoms with van der Waals surface area (Å²) in [5, 5.41) is 2.71. The average Bonchev–Trinajstić information content (AvgIpc) is 3.45. The fourth-order valence-electron chi connectivity index (χ4n) is 3.44. The van der Waals surface area contributed by atoms with Crippen LogP contribution < -0.4 is 10.5 Å². The van der Waals surface area contributed by atoms with Gasteiger partial charge in [0.1, 0.15) is 34.8 Å². The number of aromatic nitrogens is 4. The first-order valence-corrected chi connectivity index (χ1v) is 15.5. The first-order valence-electron chi connectivity index (χ1n) is 10.9. The van der Waals surface area contributed by atoms with Crippen molar-refractivity contribution in [1.29, 1.82) is 0 Å². The van der Waals surface area contributed by atoms with E-state index >= 15 is 0 Å². The van der Waals surface area contributed by atoms with E-state index in [0.29, 0.717) is 36.4 Å². The summed E-state index contributed by atoms with van der Waals surface area (Å²) in [7, 11) is 0.304. The Morgan fingerprint density at radius 2 is 1.88 bits per heavy atom. The largest absolute Gasteiger partial charge is 0.493 e. The van der Waals surface area contributed by atoms with Crippen molar-refractivity contribution in [3.8, 4) is 39.1 Å². The maximum atomic E-state index is 13.7. The van der Waals surface area contributed by atoms with Gasteiger partial charge in [-0.3, -0.25) is 4.57 Å². The Bertz CT molecular complexity index is 1250. The number of benzene rings is 1. The minimum Gasteiger partial charge on any atom is -0.493 e. The second-order valence-corrected chi connectivity index (χ2v) is 15.6. The fraction of sp³-hybridized carbons (Fsp3) is 0.292. The number of thiazole rings is 1. The van der Waals surface area contributed by atoms with E-state index in [1.165, 1.54) is 23.5 Å². The van der Waals surface area contributed by atoms with E-state index in [1.807, 2.05) is 16.0 Å². The molecule has 0 atom stereocenters. The molecule has 2 N–H and O–H groups in total. The Balaban J connectivity index is 1.86. The van der Waals surface area contributed by atoms with Gasteiger partial charge < -0.3 is 15.2 Å². The van der Waals surface area contributed by atoms with Crippen molar-refractivity contribution in [1.82, 2.24) is 19.5 Å². The van der Waals surface area contributed by atoms with Gasteiger partial charge in [-0.2, -0.15) is 0 Å². The Kier molecular flexibility index (Phi) is 7.10. The minimum absolute atomic E-state index is 0.290. The molecule has 0 bridgehead atoms. The van der Waals surface area contributed by atoms with Gasteiger partial charge in [0.2, 0.25) is 0 Å². The molecule has 0 aliphatic heterocycles. The van der Waals surface area contributed by atoms with Crippen molar-refractivity contribution in [2.24, 2.45) is 0 Å². The molecule has 1 aromatic carbocycles. The summed E-state index contributed by atoms with van der Waals surface area (Å²) in [5.74, 6) is 1.12. The third-order valence-corrected chi connectivity index (χ3v) is 7.78. The van der Waals surface area contributed by atoms with Crippen LogP contribution in [0.3, 0.4) is 0 Å². The molecule has 0 radical (unpaired) electrons. The molecule has 3 heterocycles. The molecule has 0 unspecified atom stereocenters. The fourth-order valence-corrected chi connectivity index (χ4v) is 4.89. The van der Waals surface area contributed by atoms with Gasteiger partial charge in [-0.1, -0.05) is 19.6 Å². The van der Waals surface area contributed by atoms with Crippen LogP contribution in [0.25, 0.3) is 33.3 Å². The number of hydrogen-bond donors (Lipinski definition) is 1. The highest BCUT2D eigenvalue weighted by atomic mass is 32.1. The summed E-state index contributed by atoms with van der Waals surface area (Å²) in [6.45, 7) is 7.90. The van der Waals surface area contributed by atoms with Crippen LogP contribution in [-0.2, 0) is 11.5 Å². The van der Waals surface area contributed by atoms with Crippen molar-refractivity contribution in [2.75, 3.05) is 19.5 Å². The topological polar surface area (TPSA) is 88.1 Å². The molecular formula is C24H28FN5O2SSi. The molecule has 0 saturated heterocycles. The number of hydrogen-bond acceptors (Lipinski definition) is 7. The predicted molar refractivity (Wildman–Crippen MR) is 137 cm³/mol. The summed E-state index contributed by atoms with van der Waals surface area (Å²) in [6.07, 6.45) is 3.43. The van der Waals surface area contributed by atoms with Gasteiger partial charge in [0.05, 0.1) is 7.11 Å². The van der Waals surface area contributed by atoms with E-state index in [1.54, 1.807) is 31.6 Å². The number of ether oxygens (including phenoxy) is 2. The van der Waals surface area contributed by atoms with Gasteiger partial charge in [0.25, 0.3) is 0 Å². The molecule has 0 aliphatic rings. The molecule has 178 valence electrons. The average molecular weight is 498 g/mol. The third-order valence-electron chi connectivity index (χ3n) is 5.30. The Morgan fingerprint density at radius 3 is 2.53 bits per heavy atom. The predicted octanol–water partition coefficient (Wildman–Crippen LogP) is 5.78. The zero-order valence-electron chi connectivity index (χ0n) is 19.7. The molecule has 7 nitrogen and oxygen atoms in total. The number of imidazole rings is 1. The van der Waals surface area contributed by atoms with E-state index in [0.717, 1.165) is 27.9 Å². The maximum absolute atomic E-state index is 13.7. The lowest BCUT2D eigenvalue weighted by molar-refractivity contribution is 0.0893. The number of halogens is 1. The van der Waals surface area contributed by atoms with Crippen LogP contribution in [0.5, 0.6) is 5.75 Å². The standard InChI is InChI=1S/C24H28FN5O2SSi/c1-31-19-13-17(14-28-22(19)26)20-21(24-27-9-11-33-24)30(15-32-10-12-34(2,3)4)23(29-20)16-5-7-18(25)8-6-16/h5-9,11,13-14H,10,12,15H2,1-4H3,(H2,26,28). The Morgan fingerprint density at radius 1 is 1.12 bits per heavy atom. The zero-order chi connectivity index (χ0) is 24.3. The highest BCUT2D eigenvalue weighted by Crippen LogP contribution is 2.38. The summed E-state index contributed by atoms with van der Waals surface area (Å²) in [5.41, 5.74) is 8.93. The van der Waals surface area contributed by atoms with E-state index < -0.39 is 8.07 Å². The van der Waals surface area contributed by atoms with Gasteiger partial charge >= 0.3 is 0 Å². The molecule has 0 amide bonds. The quantitative estimate of drug-likeness (QED) is 0.233. The smallest absolute Gasteiger partial charge is 0.166 e. The SMILES string of the molecule is COc1cc(-c2nc(-c3ccc(F)cc3)n(COCC[Si](C)(C)C)c2-c2nccs2)cnc1N. The molecule has 0 saturated carbocycles. The Hall–Kier alpha value is -3.08. The summed E-state index contributed by atoms with van der Waals surface area (Å²) < 4.78 is 27.2. The minimum atomic E-state index is -1.25. The van der Waals surface area contributed by atoms with Crippen LogP contribution in [0.15, 0.2) is 48.1 Å². The highest BCUT2D eigenvalue weighted by Gasteiger charge is 2.24. The van der Waals surface area contributed by atoms with Crippen LogP contribution in [0.4, 0.5) is 10.2 Å². The molecular weight excluding hydrogens is 469 g/mol. The lowest BCUT2D eigenvalue weighted by atomic mass is 10.1. The lowest BCUT2D eigenvalue weighted by Gasteiger charge is -2.17. The number of nitrogen functional groups attached to an aromatic ring is 1. The first kappa shape index (κ1) is 24.1. The van der Waals surface area contributed by atoms with E-state index in [-0.39, 0.29) is 5.82 Å². The van der Waals surface area contributed by atoms with Crippen molar-refractivity contribution >= 4 is 25.2 Å². The zero-order valence-corrected chi connectivity index (χ0v) is 21.5. The first-order chi connectivity index (χ1) is 16.3. The highest BCUT2D eigenvalue weighted by molar-refractivity contribution is 7.13. The number of anilines is 1. The van der Waals surface area contributed by atoms with Crippen LogP contribution in [0.1, 0.15) is 0 Å². The van der Waals surface area contributed by atoms with Crippen molar-refractivity contribution < 1.29 is 13.9 Å². The number of nitrogens with zero attached hydrogens (tertiary/aromatic N) is 4. The van der Waals surface area contributed by atoms with Crippen LogP contribution in [-0.4, -0.2) is 41.3 Å². The van der Waals surface area contributed by atoms with Crippen molar-refractivity contribution in [3.63, 3.8) is 0 Å². The molecule has 34 heavy (non-hydrogen) atoms. The molecule has 4 rings (SSSR count). The van der Waals surface area contributed by atoms with Crippen LogP contribution >= 0.6 is 11.3 Å². The molecule has 10 heteroatoms. The number of rotatable bonds is 9. The van der Waals surface area contributed by atoms with Gasteiger partial charge in [-0.25, -0.2) is 19.3 Å². The summed E-state index contributed by atoms with van der Waals surface area (Å²) >= 11 is 1.51. The monoisotopic (exact) mass is 497 g/mol. The molecule has 0 aliphatic carbocycles. The van der Waals surface area contributed by atoms with Crippen LogP contribution in [0.2, 0.25) is 25.7 Å². The number of methoxy groups -OCH3 is 1. The second-order valence-electron chi connectivity index (χ2n) is 9.06. The van der Waals surface area contributed by atoms with Crippen molar-refractivity contribution in [3.05, 3.63) is 53.9 Å². The summed E-state index contributed by atoms with van der Waals surface area (Å²) in [4.78, 5) is 13.8. The molecule has 4 aromatic rings. The molecule has 0 spiro atoms. The second kappa shape index (κ2) is 10.0. The van der Waals surface area contributed by atoms with Gasteiger partial charge in [-0.15, -0.1) is 11.3 Å². The lowest BCUT2D eigenvalue weighted by Crippen LogP contribution is -2.22. The van der Waals surface area contributed by atoms with Gasteiger partial charge in [-0.05, 0) is 36.4 Å². The normalized spacial score (nSPS) is 11.7. The van der Waals surface area contributed by atoms with Gasteiger partial charge in [0.15, 0.2) is 11.6 Å². The summed E-state index contributed by atoms with van der Waals surface area (Å²) in [6, 6.07) is 9.15. The third kappa shape index (κ3) is 5.35. The molecule has 0 fully saturated rings.